The Kier molecular flexibility index (Phi) is 7.80. The van der Waals surface area contributed by atoms with Gasteiger partial charge < -0.3 is 9.47 Å². The highest BCUT2D eigenvalue weighted by Crippen LogP contribution is 2.68. The van der Waals surface area contributed by atoms with Gasteiger partial charge in [-0.3, -0.25) is 9.59 Å². The Bertz CT molecular complexity index is 830. The smallest absolute Gasteiger partial charge is 0.303 e. The molecule has 0 aromatic carbocycles. The number of ether oxygens (including phenoxy) is 2. The zero-order valence-corrected chi connectivity index (χ0v) is 23.4. The minimum absolute atomic E-state index is 0.0297. The van der Waals surface area contributed by atoms with Gasteiger partial charge in [-0.15, -0.1) is 0 Å². The molecule has 4 aliphatic rings. The number of carbonyl (C=O) groups excluding carboxylic acids is 2. The Labute approximate surface area is 214 Å². The van der Waals surface area contributed by atoms with Crippen molar-refractivity contribution >= 4 is 11.9 Å². The van der Waals surface area contributed by atoms with Crippen LogP contribution in [0.2, 0.25) is 0 Å². The normalized spacial score (nSPS) is 41.3. The standard InChI is InChI=1S/C31H50O4/c1-19(2)9-8-10-20(3)25-11-12-26-24-18-29(35-22(5)33)28-17-23(34-21(4)32)13-15-31(28,7)27(24)14-16-30(25,26)6/h17,19-20,23-27,29H,8-16,18H2,1-7H3/t20-,23+,24-,25+,26-,27-,29+,30-,31-/m1/s1. The third-order valence-electron chi connectivity index (χ3n) is 10.9. The molecule has 35 heavy (non-hydrogen) atoms. The molecule has 9 atom stereocenters. The molecule has 0 heterocycles. The van der Waals surface area contributed by atoms with Crippen molar-refractivity contribution in [3.63, 3.8) is 0 Å². The van der Waals surface area contributed by atoms with Crippen molar-refractivity contribution in [3.05, 3.63) is 11.6 Å². The van der Waals surface area contributed by atoms with Crippen molar-refractivity contribution in [3.8, 4) is 0 Å². The summed E-state index contributed by atoms with van der Waals surface area (Å²) >= 11 is 0. The fraction of sp³-hybridized carbons (Fsp3) is 0.871. The van der Waals surface area contributed by atoms with Crippen LogP contribution in [0.25, 0.3) is 0 Å². The van der Waals surface area contributed by atoms with E-state index in [0.717, 1.165) is 42.9 Å². The van der Waals surface area contributed by atoms with E-state index in [1.165, 1.54) is 64.4 Å². The molecule has 0 bridgehead atoms. The first-order valence-electron chi connectivity index (χ1n) is 14.5. The first-order valence-corrected chi connectivity index (χ1v) is 14.5. The highest BCUT2D eigenvalue weighted by molar-refractivity contribution is 5.67. The second kappa shape index (κ2) is 10.2. The highest BCUT2D eigenvalue weighted by Gasteiger charge is 2.61. The summed E-state index contributed by atoms with van der Waals surface area (Å²) in [6.45, 7) is 15.2. The van der Waals surface area contributed by atoms with E-state index in [9.17, 15) is 9.59 Å². The number of hydrogen-bond donors (Lipinski definition) is 0. The van der Waals surface area contributed by atoms with Crippen LogP contribution >= 0.6 is 0 Å². The predicted molar refractivity (Wildman–Crippen MR) is 140 cm³/mol. The summed E-state index contributed by atoms with van der Waals surface area (Å²) in [6, 6.07) is 0. The molecule has 0 saturated heterocycles. The largest absolute Gasteiger partial charge is 0.458 e. The van der Waals surface area contributed by atoms with E-state index in [0.29, 0.717) is 17.3 Å². The number of hydrogen-bond acceptors (Lipinski definition) is 4. The molecule has 0 unspecified atom stereocenters. The number of esters is 2. The molecular weight excluding hydrogens is 436 g/mol. The van der Waals surface area contributed by atoms with E-state index in [-0.39, 0.29) is 29.6 Å². The number of carbonyl (C=O) groups is 2. The van der Waals surface area contributed by atoms with Crippen molar-refractivity contribution < 1.29 is 19.1 Å². The Morgan fingerprint density at radius 2 is 1.66 bits per heavy atom. The van der Waals surface area contributed by atoms with Gasteiger partial charge in [-0.2, -0.15) is 0 Å². The summed E-state index contributed by atoms with van der Waals surface area (Å²) in [5.41, 5.74) is 1.67. The maximum absolute atomic E-state index is 12.2. The molecule has 0 amide bonds. The maximum atomic E-state index is 12.2. The number of fused-ring (bicyclic) bond motifs is 5. The molecule has 4 heteroatoms. The van der Waals surface area contributed by atoms with Crippen molar-refractivity contribution in [2.45, 2.75) is 125 Å². The lowest BCUT2D eigenvalue weighted by Crippen LogP contribution is -2.55. The number of rotatable bonds is 7. The van der Waals surface area contributed by atoms with Crippen LogP contribution in [-0.4, -0.2) is 24.1 Å². The van der Waals surface area contributed by atoms with Gasteiger partial charge in [-0.1, -0.05) is 53.9 Å². The summed E-state index contributed by atoms with van der Waals surface area (Å²) in [5, 5.41) is 0. The first kappa shape index (κ1) is 26.7. The van der Waals surface area contributed by atoms with Crippen LogP contribution in [0.15, 0.2) is 11.6 Å². The summed E-state index contributed by atoms with van der Waals surface area (Å²) in [4.78, 5) is 23.8. The van der Waals surface area contributed by atoms with Crippen LogP contribution in [0, 0.1) is 46.3 Å². The lowest BCUT2D eigenvalue weighted by Gasteiger charge is -2.60. The van der Waals surface area contributed by atoms with E-state index in [1.54, 1.807) is 0 Å². The van der Waals surface area contributed by atoms with Gasteiger partial charge in [0.1, 0.15) is 12.2 Å². The monoisotopic (exact) mass is 486 g/mol. The van der Waals surface area contributed by atoms with Crippen molar-refractivity contribution in [1.29, 1.82) is 0 Å². The minimum atomic E-state index is -0.235. The maximum Gasteiger partial charge on any atom is 0.303 e. The molecule has 3 fully saturated rings. The minimum Gasteiger partial charge on any atom is -0.458 e. The molecule has 4 nitrogen and oxygen atoms in total. The molecule has 0 aromatic heterocycles. The first-order chi connectivity index (χ1) is 16.5. The van der Waals surface area contributed by atoms with Crippen LogP contribution in [0.5, 0.6) is 0 Å². The van der Waals surface area contributed by atoms with Crippen LogP contribution in [0.1, 0.15) is 113 Å². The van der Waals surface area contributed by atoms with Crippen LogP contribution in [0.4, 0.5) is 0 Å². The molecular formula is C31H50O4. The van der Waals surface area contributed by atoms with Crippen LogP contribution < -0.4 is 0 Å². The van der Waals surface area contributed by atoms with Gasteiger partial charge in [-0.05, 0) is 103 Å². The molecule has 3 saturated carbocycles. The topological polar surface area (TPSA) is 52.6 Å². The Morgan fingerprint density at radius 1 is 0.943 bits per heavy atom. The van der Waals surface area contributed by atoms with Gasteiger partial charge in [0, 0.05) is 13.8 Å². The molecule has 198 valence electrons. The van der Waals surface area contributed by atoms with E-state index in [4.69, 9.17) is 9.47 Å². The zero-order valence-electron chi connectivity index (χ0n) is 23.4. The van der Waals surface area contributed by atoms with Crippen LogP contribution in [-0.2, 0) is 19.1 Å². The Hall–Kier alpha value is -1.32. The van der Waals surface area contributed by atoms with E-state index >= 15 is 0 Å². The van der Waals surface area contributed by atoms with Crippen molar-refractivity contribution in [2.75, 3.05) is 0 Å². The Balaban J connectivity index is 1.58. The average molecular weight is 487 g/mol. The summed E-state index contributed by atoms with van der Waals surface area (Å²) in [6.07, 6.45) is 13.9. The molecule has 0 radical (unpaired) electrons. The Morgan fingerprint density at radius 3 is 2.31 bits per heavy atom. The van der Waals surface area contributed by atoms with Gasteiger partial charge >= 0.3 is 11.9 Å². The predicted octanol–water partition coefficient (Wildman–Crippen LogP) is 7.50. The van der Waals surface area contributed by atoms with Crippen LogP contribution in [0.3, 0.4) is 0 Å². The third kappa shape index (κ3) is 5.10. The molecule has 0 aliphatic heterocycles. The fourth-order valence-corrected chi connectivity index (χ4v) is 9.36. The molecule has 4 aliphatic carbocycles. The SMILES string of the molecule is CC(=O)O[C@@H]1C=C2[C@@H](OC(C)=O)C[C@@H]3[C@H]4CC[C@@H]([C@H](C)CCCC(C)C)[C@@]4(C)CC[C@H]3[C@@]2(C)CC1. The third-order valence-corrected chi connectivity index (χ3v) is 10.9. The molecule has 0 aromatic rings. The molecule has 0 N–H and O–H groups in total. The average Bonchev–Trinajstić information content (AvgIpc) is 3.11. The summed E-state index contributed by atoms with van der Waals surface area (Å²) in [5.74, 6) is 3.93. The lowest BCUT2D eigenvalue weighted by atomic mass is 9.46. The second-order valence-corrected chi connectivity index (χ2v) is 13.5. The van der Waals surface area contributed by atoms with Gasteiger partial charge in [-0.25, -0.2) is 0 Å². The highest BCUT2D eigenvalue weighted by atomic mass is 16.5. The van der Waals surface area contributed by atoms with Gasteiger partial charge in [0.25, 0.3) is 0 Å². The van der Waals surface area contributed by atoms with E-state index < -0.39 is 0 Å². The second-order valence-electron chi connectivity index (χ2n) is 13.5. The summed E-state index contributed by atoms with van der Waals surface area (Å²) < 4.78 is 11.6. The lowest BCUT2D eigenvalue weighted by molar-refractivity contribution is -0.155. The molecule has 4 rings (SSSR count). The fourth-order valence-electron chi connectivity index (χ4n) is 9.36. The summed E-state index contributed by atoms with van der Waals surface area (Å²) in [7, 11) is 0. The van der Waals surface area contributed by atoms with Gasteiger partial charge in [0.15, 0.2) is 0 Å². The van der Waals surface area contributed by atoms with E-state index in [2.05, 4.69) is 40.7 Å². The zero-order chi connectivity index (χ0) is 25.5. The quantitative estimate of drug-likeness (QED) is 0.276. The van der Waals surface area contributed by atoms with Gasteiger partial charge in [0.2, 0.25) is 0 Å². The van der Waals surface area contributed by atoms with Gasteiger partial charge in [0.05, 0.1) is 0 Å². The molecule has 0 spiro atoms. The van der Waals surface area contributed by atoms with Crippen molar-refractivity contribution in [1.82, 2.24) is 0 Å². The van der Waals surface area contributed by atoms with Crippen molar-refractivity contribution in [2.24, 2.45) is 46.3 Å². The van der Waals surface area contributed by atoms with E-state index in [1.807, 2.05) is 0 Å².